The first-order valence-electron chi connectivity index (χ1n) is 10.3. The van der Waals surface area contributed by atoms with E-state index in [1.54, 1.807) is 42.5 Å². The molecule has 0 aliphatic carbocycles. The van der Waals surface area contributed by atoms with Gasteiger partial charge in [-0.25, -0.2) is 0 Å². The highest BCUT2D eigenvalue weighted by Crippen LogP contribution is 2.26. The van der Waals surface area contributed by atoms with E-state index in [1.165, 1.54) is 0 Å². The van der Waals surface area contributed by atoms with Gasteiger partial charge in [-0.3, -0.25) is 9.59 Å². The Morgan fingerprint density at radius 2 is 1.69 bits per heavy atom. The van der Waals surface area contributed by atoms with Gasteiger partial charge in [-0.05, 0) is 42.5 Å². The Bertz CT molecular complexity index is 1080. The van der Waals surface area contributed by atoms with Crippen molar-refractivity contribution in [3.05, 3.63) is 88.9 Å². The minimum atomic E-state index is -0.305. The number of thioether (sulfide) groups is 1. The van der Waals surface area contributed by atoms with E-state index in [0.717, 1.165) is 30.3 Å². The molecule has 3 aromatic carbocycles. The van der Waals surface area contributed by atoms with Crippen LogP contribution in [0.4, 0.5) is 11.4 Å². The second kappa shape index (κ2) is 10.6. The topological polar surface area (TPSA) is 58.6 Å². The molecule has 1 saturated heterocycles. The zero-order chi connectivity index (χ0) is 22.3. The number of hydrogen-bond acceptors (Lipinski definition) is 5. The lowest BCUT2D eigenvalue weighted by atomic mass is 10.0. The summed E-state index contributed by atoms with van der Waals surface area (Å²) in [6.45, 7) is 1.85. The number of carbonyl (C=O) groups excluding carboxylic acids is 2. The molecule has 1 aliphatic rings. The molecule has 4 rings (SSSR count). The number of benzene rings is 3. The van der Waals surface area contributed by atoms with Crippen molar-refractivity contribution in [2.75, 3.05) is 41.4 Å². The average molecular weight is 467 g/mol. The van der Waals surface area contributed by atoms with E-state index in [1.807, 2.05) is 42.1 Å². The molecule has 3 aromatic rings. The van der Waals surface area contributed by atoms with Crippen molar-refractivity contribution in [1.29, 1.82) is 0 Å². The number of ether oxygens (including phenoxy) is 1. The fourth-order valence-electron chi connectivity index (χ4n) is 3.47. The van der Waals surface area contributed by atoms with Crippen LogP contribution in [0, 0.1) is 0 Å². The van der Waals surface area contributed by atoms with Gasteiger partial charge in [0.05, 0.1) is 5.56 Å². The molecule has 0 bridgehead atoms. The number of amides is 1. The standard InChI is InChI=1S/C25H23ClN2O3S/c26-19-6-11-23(22(16-19)25(30)18-4-2-1-3-5-18)31-17-24(29)27-20-7-9-21(10-8-20)28-12-14-32-15-13-28/h1-11,16H,12-15,17H2,(H,27,29). The predicted molar refractivity (Wildman–Crippen MR) is 131 cm³/mol. The van der Waals surface area contributed by atoms with E-state index >= 15 is 0 Å². The highest BCUT2D eigenvalue weighted by atomic mass is 35.5. The summed E-state index contributed by atoms with van der Waals surface area (Å²) in [5.41, 5.74) is 2.70. The van der Waals surface area contributed by atoms with Crippen molar-refractivity contribution in [3.63, 3.8) is 0 Å². The number of anilines is 2. The van der Waals surface area contributed by atoms with Crippen molar-refractivity contribution in [3.8, 4) is 5.75 Å². The SMILES string of the molecule is O=C(COc1ccc(Cl)cc1C(=O)c1ccccc1)Nc1ccc(N2CCSCC2)cc1. The van der Waals surface area contributed by atoms with Crippen LogP contribution in [0.3, 0.4) is 0 Å². The molecule has 164 valence electrons. The molecule has 0 radical (unpaired) electrons. The summed E-state index contributed by atoms with van der Waals surface area (Å²) in [6, 6.07) is 21.5. The number of halogens is 1. The first-order valence-corrected chi connectivity index (χ1v) is 11.9. The molecule has 0 atom stereocenters. The Balaban J connectivity index is 1.38. The second-order valence-corrected chi connectivity index (χ2v) is 8.98. The first kappa shape index (κ1) is 22.2. The fourth-order valence-corrected chi connectivity index (χ4v) is 4.54. The lowest BCUT2D eigenvalue weighted by molar-refractivity contribution is -0.118. The summed E-state index contributed by atoms with van der Waals surface area (Å²) in [5, 5.41) is 3.26. The van der Waals surface area contributed by atoms with Crippen LogP contribution in [0.15, 0.2) is 72.8 Å². The van der Waals surface area contributed by atoms with Crippen LogP contribution >= 0.6 is 23.4 Å². The molecule has 1 amide bonds. The molecule has 1 aliphatic heterocycles. The number of rotatable bonds is 7. The van der Waals surface area contributed by atoms with E-state index in [0.29, 0.717) is 27.6 Å². The molecule has 0 saturated carbocycles. The van der Waals surface area contributed by atoms with E-state index < -0.39 is 0 Å². The lowest BCUT2D eigenvalue weighted by Crippen LogP contribution is -2.32. The molecule has 0 spiro atoms. The summed E-state index contributed by atoms with van der Waals surface area (Å²) in [4.78, 5) is 27.6. The maximum absolute atomic E-state index is 12.9. The molecule has 1 fully saturated rings. The predicted octanol–water partition coefficient (Wildman–Crippen LogP) is 5.14. The van der Waals surface area contributed by atoms with Gasteiger partial charge in [-0.1, -0.05) is 41.9 Å². The van der Waals surface area contributed by atoms with Crippen molar-refractivity contribution in [2.24, 2.45) is 0 Å². The summed E-state index contributed by atoms with van der Waals surface area (Å²) >= 11 is 8.07. The zero-order valence-corrected chi connectivity index (χ0v) is 19.0. The molecule has 0 aromatic heterocycles. The molecule has 1 heterocycles. The van der Waals surface area contributed by atoms with Gasteiger partial charge in [-0.2, -0.15) is 11.8 Å². The van der Waals surface area contributed by atoms with Crippen molar-refractivity contribution in [1.82, 2.24) is 0 Å². The zero-order valence-electron chi connectivity index (χ0n) is 17.4. The van der Waals surface area contributed by atoms with Crippen LogP contribution in [0.2, 0.25) is 5.02 Å². The maximum Gasteiger partial charge on any atom is 0.262 e. The number of nitrogens with zero attached hydrogens (tertiary/aromatic N) is 1. The first-order chi connectivity index (χ1) is 15.6. The van der Waals surface area contributed by atoms with Crippen LogP contribution in [-0.2, 0) is 4.79 Å². The van der Waals surface area contributed by atoms with Crippen LogP contribution in [0.1, 0.15) is 15.9 Å². The second-order valence-electron chi connectivity index (χ2n) is 7.32. The summed E-state index contributed by atoms with van der Waals surface area (Å²) in [5.74, 6) is 2.07. The Kier molecular flexibility index (Phi) is 7.35. The van der Waals surface area contributed by atoms with Crippen molar-refractivity contribution < 1.29 is 14.3 Å². The van der Waals surface area contributed by atoms with Gasteiger partial charge in [0.25, 0.3) is 5.91 Å². The number of carbonyl (C=O) groups is 2. The van der Waals surface area contributed by atoms with Crippen LogP contribution in [-0.4, -0.2) is 42.9 Å². The molecule has 32 heavy (non-hydrogen) atoms. The van der Waals surface area contributed by atoms with E-state index in [9.17, 15) is 9.59 Å². The van der Waals surface area contributed by atoms with E-state index in [2.05, 4.69) is 10.2 Å². The molecule has 5 nitrogen and oxygen atoms in total. The Hall–Kier alpha value is -2.96. The third-order valence-corrected chi connectivity index (χ3v) is 6.29. The summed E-state index contributed by atoms with van der Waals surface area (Å²) in [6.07, 6.45) is 0. The van der Waals surface area contributed by atoms with Gasteiger partial charge in [0.2, 0.25) is 0 Å². The third kappa shape index (κ3) is 5.64. The quantitative estimate of drug-likeness (QED) is 0.488. The fraction of sp³-hybridized carbons (Fsp3) is 0.200. The van der Waals surface area contributed by atoms with E-state index in [-0.39, 0.29) is 18.3 Å². The van der Waals surface area contributed by atoms with E-state index in [4.69, 9.17) is 16.3 Å². The summed E-state index contributed by atoms with van der Waals surface area (Å²) < 4.78 is 5.69. The largest absolute Gasteiger partial charge is 0.483 e. The molecule has 1 N–H and O–H groups in total. The minimum Gasteiger partial charge on any atom is -0.483 e. The highest BCUT2D eigenvalue weighted by molar-refractivity contribution is 7.99. The molecular weight excluding hydrogens is 444 g/mol. The normalized spacial score (nSPS) is 13.5. The molecule has 7 heteroatoms. The lowest BCUT2D eigenvalue weighted by Gasteiger charge is -2.28. The molecule has 0 unspecified atom stereocenters. The number of hydrogen-bond donors (Lipinski definition) is 1. The Labute approximate surface area is 196 Å². The minimum absolute atomic E-state index is 0.213. The van der Waals surface area contributed by atoms with Crippen LogP contribution < -0.4 is 15.0 Å². The Morgan fingerprint density at radius 1 is 0.969 bits per heavy atom. The van der Waals surface area contributed by atoms with Gasteiger partial charge in [0, 0.05) is 46.6 Å². The Morgan fingerprint density at radius 3 is 2.41 bits per heavy atom. The van der Waals surface area contributed by atoms with Crippen molar-refractivity contribution >= 4 is 46.4 Å². The van der Waals surface area contributed by atoms with Gasteiger partial charge in [0.1, 0.15) is 5.75 Å². The maximum atomic E-state index is 12.9. The van der Waals surface area contributed by atoms with Gasteiger partial charge < -0.3 is 15.0 Å². The average Bonchev–Trinajstić information content (AvgIpc) is 2.84. The van der Waals surface area contributed by atoms with Crippen LogP contribution in [0.25, 0.3) is 0 Å². The summed E-state index contributed by atoms with van der Waals surface area (Å²) in [7, 11) is 0. The highest BCUT2D eigenvalue weighted by Gasteiger charge is 2.17. The van der Waals surface area contributed by atoms with Gasteiger partial charge in [-0.15, -0.1) is 0 Å². The third-order valence-electron chi connectivity index (χ3n) is 5.11. The number of nitrogens with one attached hydrogen (secondary N) is 1. The van der Waals surface area contributed by atoms with Gasteiger partial charge >= 0.3 is 0 Å². The monoisotopic (exact) mass is 466 g/mol. The number of ketones is 1. The van der Waals surface area contributed by atoms with Crippen LogP contribution in [0.5, 0.6) is 5.75 Å². The smallest absolute Gasteiger partial charge is 0.262 e. The van der Waals surface area contributed by atoms with Gasteiger partial charge in [0.15, 0.2) is 12.4 Å². The van der Waals surface area contributed by atoms with Crippen molar-refractivity contribution in [2.45, 2.75) is 0 Å². The molecular formula is C25H23ClN2O3S.